The molecular formula is C11H12N2O2. The maximum atomic E-state index is 10.7. The molecule has 4 nitrogen and oxygen atoms in total. The number of benzene rings is 1. The Morgan fingerprint density at radius 2 is 2.20 bits per heavy atom. The summed E-state index contributed by atoms with van der Waals surface area (Å²) in [6.07, 6.45) is 0.917. The van der Waals surface area contributed by atoms with Crippen LogP contribution in [0.25, 0.3) is 10.9 Å². The molecule has 78 valence electrons. The van der Waals surface area contributed by atoms with Crippen molar-refractivity contribution in [1.29, 1.82) is 0 Å². The second-order valence-electron chi connectivity index (χ2n) is 3.48. The van der Waals surface area contributed by atoms with Gasteiger partial charge in [0, 0.05) is 23.5 Å². The van der Waals surface area contributed by atoms with Gasteiger partial charge in [0.15, 0.2) is 0 Å². The van der Waals surface area contributed by atoms with Crippen LogP contribution in [0.2, 0.25) is 0 Å². The normalized spacial score (nSPS) is 12.9. The molecule has 15 heavy (non-hydrogen) atoms. The highest BCUT2D eigenvalue weighted by Crippen LogP contribution is 2.18. The van der Waals surface area contributed by atoms with Crippen molar-refractivity contribution in [2.45, 2.75) is 12.5 Å². The highest BCUT2D eigenvalue weighted by molar-refractivity contribution is 5.85. The van der Waals surface area contributed by atoms with E-state index in [0.29, 0.717) is 0 Å². The van der Waals surface area contributed by atoms with Gasteiger partial charge < -0.3 is 15.8 Å². The third kappa shape index (κ3) is 1.85. The monoisotopic (exact) mass is 204 g/mol. The van der Waals surface area contributed by atoms with Gasteiger partial charge in [0.1, 0.15) is 6.10 Å². The number of nitrogens with one attached hydrogen (secondary N) is 1. The molecule has 0 unspecified atom stereocenters. The van der Waals surface area contributed by atoms with Crippen molar-refractivity contribution in [3.8, 4) is 0 Å². The fourth-order valence-electron chi connectivity index (χ4n) is 1.61. The highest BCUT2D eigenvalue weighted by atomic mass is 16.3. The van der Waals surface area contributed by atoms with Gasteiger partial charge >= 0.3 is 0 Å². The molecule has 2 aromatic rings. The Labute approximate surface area is 86.7 Å². The fraction of sp³-hybridized carbons (Fsp3) is 0.182. The van der Waals surface area contributed by atoms with E-state index in [4.69, 9.17) is 5.73 Å². The Morgan fingerprint density at radius 3 is 2.93 bits per heavy atom. The number of fused-ring (bicyclic) bond motifs is 1. The van der Waals surface area contributed by atoms with Crippen molar-refractivity contribution in [2.24, 2.45) is 5.73 Å². The quantitative estimate of drug-likeness (QED) is 0.682. The molecular weight excluding hydrogens is 192 g/mol. The molecule has 1 aromatic heterocycles. The second kappa shape index (κ2) is 3.74. The smallest absolute Gasteiger partial charge is 0.246 e. The van der Waals surface area contributed by atoms with Gasteiger partial charge in [0.2, 0.25) is 5.91 Å². The molecule has 2 rings (SSSR count). The molecule has 1 aromatic carbocycles. The van der Waals surface area contributed by atoms with E-state index in [9.17, 15) is 9.90 Å². The molecule has 0 aliphatic heterocycles. The van der Waals surface area contributed by atoms with Crippen LogP contribution in [0.4, 0.5) is 0 Å². The number of hydrogen-bond acceptors (Lipinski definition) is 2. The second-order valence-corrected chi connectivity index (χ2v) is 3.48. The van der Waals surface area contributed by atoms with Gasteiger partial charge in [0.05, 0.1) is 0 Å². The van der Waals surface area contributed by atoms with E-state index in [1.165, 1.54) is 0 Å². The number of carbonyl (C=O) groups is 1. The van der Waals surface area contributed by atoms with Crippen molar-refractivity contribution < 1.29 is 9.90 Å². The molecule has 0 saturated carbocycles. The van der Waals surface area contributed by atoms with Gasteiger partial charge in [-0.25, -0.2) is 0 Å². The molecule has 4 heteroatoms. The highest BCUT2D eigenvalue weighted by Gasteiger charge is 2.13. The number of rotatable bonds is 3. The first-order chi connectivity index (χ1) is 7.18. The summed E-state index contributed by atoms with van der Waals surface area (Å²) in [6.45, 7) is 0. The number of primary amides is 1. The summed E-state index contributed by atoms with van der Waals surface area (Å²) in [7, 11) is 0. The summed E-state index contributed by atoms with van der Waals surface area (Å²) < 4.78 is 0. The number of aromatic amines is 1. The van der Waals surface area contributed by atoms with Crippen molar-refractivity contribution in [1.82, 2.24) is 4.98 Å². The van der Waals surface area contributed by atoms with Gasteiger partial charge in [-0.1, -0.05) is 18.2 Å². The first-order valence-electron chi connectivity index (χ1n) is 4.71. The number of aliphatic hydroxyl groups excluding tert-OH is 1. The number of hydrogen-bond donors (Lipinski definition) is 3. The molecule has 1 atom stereocenters. The van der Waals surface area contributed by atoms with Gasteiger partial charge in [-0.2, -0.15) is 0 Å². The topological polar surface area (TPSA) is 79.1 Å². The van der Waals surface area contributed by atoms with Gasteiger partial charge in [0.25, 0.3) is 0 Å². The van der Waals surface area contributed by atoms with Gasteiger partial charge in [-0.05, 0) is 11.6 Å². The molecule has 0 bridgehead atoms. The molecule has 1 amide bonds. The number of aromatic nitrogens is 1. The van der Waals surface area contributed by atoms with Crippen LogP contribution in [-0.4, -0.2) is 22.1 Å². The maximum Gasteiger partial charge on any atom is 0.246 e. The van der Waals surface area contributed by atoms with E-state index >= 15 is 0 Å². The van der Waals surface area contributed by atoms with Crippen LogP contribution < -0.4 is 5.73 Å². The van der Waals surface area contributed by atoms with Crippen LogP contribution in [0.3, 0.4) is 0 Å². The first-order valence-corrected chi connectivity index (χ1v) is 4.71. The van der Waals surface area contributed by atoms with Gasteiger partial charge in [-0.15, -0.1) is 0 Å². The lowest BCUT2D eigenvalue weighted by Crippen LogP contribution is -2.29. The third-order valence-electron chi connectivity index (χ3n) is 2.42. The predicted molar refractivity (Wildman–Crippen MR) is 57.2 cm³/mol. The molecule has 0 aliphatic rings. The number of H-pyrrole nitrogens is 1. The van der Waals surface area contributed by atoms with Crippen LogP contribution >= 0.6 is 0 Å². The summed E-state index contributed by atoms with van der Waals surface area (Å²) in [4.78, 5) is 13.8. The summed E-state index contributed by atoms with van der Waals surface area (Å²) in [6, 6.07) is 7.72. The number of para-hydroxylation sites is 1. The minimum absolute atomic E-state index is 0.249. The summed E-state index contributed by atoms with van der Waals surface area (Å²) >= 11 is 0. The van der Waals surface area contributed by atoms with Crippen molar-refractivity contribution in [3.63, 3.8) is 0 Å². The summed E-state index contributed by atoms with van der Waals surface area (Å²) in [5.74, 6) is -0.694. The van der Waals surface area contributed by atoms with Crippen LogP contribution in [0, 0.1) is 0 Å². The minimum atomic E-state index is -1.12. The number of aliphatic hydroxyl groups is 1. The SMILES string of the molecule is NC(=O)[C@H](O)Cc1c[nH]c2ccccc12. The largest absolute Gasteiger partial charge is 0.383 e. The Bertz CT molecular complexity index is 490. The molecule has 4 N–H and O–H groups in total. The number of nitrogens with two attached hydrogens (primary N) is 1. The Morgan fingerprint density at radius 1 is 1.47 bits per heavy atom. The standard InChI is InChI=1S/C11H12N2O2/c12-11(15)10(14)5-7-6-13-9-4-2-1-3-8(7)9/h1-4,6,10,13-14H,5H2,(H2,12,15)/t10-/m1/s1. The summed E-state index contributed by atoms with van der Waals surface area (Å²) in [5.41, 5.74) is 6.89. The predicted octanol–water partition coefficient (Wildman–Crippen LogP) is 0.557. The lowest BCUT2D eigenvalue weighted by atomic mass is 10.1. The van der Waals surface area contributed by atoms with Crippen molar-refractivity contribution in [3.05, 3.63) is 36.0 Å². The fourth-order valence-corrected chi connectivity index (χ4v) is 1.61. The molecule has 0 saturated heterocycles. The first kappa shape index (κ1) is 9.73. The van der Waals surface area contributed by atoms with Crippen molar-refractivity contribution in [2.75, 3.05) is 0 Å². The van der Waals surface area contributed by atoms with Crippen LogP contribution in [-0.2, 0) is 11.2 Å². The molecule has 0 fully saturated rings. The third-order valence-corrected chi connectivity index (χ3v) is 2.42. The van der Waals surface area contributed by atoms with Crippen LogP contribution in [0.15, 0.2) is 30.5 Å². The Balaban J connectivity index is 2.32. The van der Waals surface area contributed by atoms with E-state index in [0.717, 1.165) is 16.5 Å². The zero-order chi connectivity index (χ0) is 10.8. The molecule has 0 spiro atoms. The minimum Gasteiger partial charge on any atom is -0.383 e. The average molecular weight is 204 g/mol. The van der Waals surface area contributed by atoms with E-state index in [-0.39, 0.29) is 6.42 Å². The molecule has 1 heterocycles. The lowest BCUT2D eigenvalue weighted by molar-refractivity contribution is -0.125. The Kier molecular flexibility index (Phi) is 2.43. The van der Waals surface area contributed by atoms with Crippen LogP contribution in [0.5, 0.6) is 0 Å². The van der Waals surface area contributed by atoms with E-state index in [2.05, 4.69) is 4.98 Å². The van der Waals surface area contributed by atoms with E-state index < -0.39 is 12.0 Å². The number of amides is 1. The molecule has 0 radical (unpaired) electrons. The summed E-state index contributed by atoms with van der Waals surface area (Å²) in [5, 5.41) is 10.4. The van der Waals surface area contributed by atoms with Gasteiger partial charge in [-0.3, -0.25) is 4.79 Å². The lowest BCUT2D eigenvalue weighted by Gasteiger charge is -2.04. The van der Waals surface area contributed by atoms with E-state index in [1.54, 1.807) is 6.20 Å². The number of carbonyl (C=O) groups excluding carboxylic acids is 1. The average Bonchev–Trinajstić information content (AvgIpc) is 2.62. The molecule has 0 aliphatic carbocycles. The maximum absolute atomic E-state index is 10.7. The zero-order valence-electron chi connectivity index (χ0n) is 8.10. The van der Waals surface area contributed by atoms with Crippen LogP contribution in [0.1, 0.15) is 5.56 Å². The zero-order valence-corrected chi connectivity index (χ0v) is 8.10. The Hall–Kier alpha value is -1.81. The van der Waals surface area contributed by atoms with Crippen molar-refractivity contribution >= 4 is 16.8 Å². The van der Waals surface area contributed by atoms with E-state index in [1.807, 2.05) is 24.3 Å².